The Kier molecular flexibility index (Phi) is 6.34. The van der Waals surface area contributed by atoms with Crippen LogP contribution in [0.4, 0.5) is 13.2 Å². The lowest BCUT2D eigenvalue weighted by molar-refractivity contribution is -0.154. The molecule has 0 aliphatic rings. The molecule has 30 heavy (non-hydrogen) atoms. The predicted molar refractivity (Wildman–Crippen MR) is 104 cm³/mol. The van der Waals surface area contributed by atoms with Gasteiger partial charge in [-0.05, 0) is 24.5 Å². The van der Waals surface area contributed by atoms with E-state index < -0.39 is 24.0 Å². The summed E-state index contributed by atoms with van der Waals surface area (Å²) in [6, 6.07) is 9.78. The first-order chi connectivity index (χ1) is 14.3. The molecule has 0 bridgehead atoms. The Hall–Kier alpha value is -3.03. The second kappa shape index (κ2) is 8.77. The molecule has 0 saturated carbocycles. The van der Waals surface area contributed by atoms with Gasteiger partial charge in [0.05, 0.1) is 5.39 Å². The summed E-state index contributed by atoms with van der Waals surface area (Å²) in [6.45, 7) is 3.76. The van der Waals surface area contributed by atoms with E-state index >= 15 is 0 Å². The van der Waals surface area contributed by atoms with Crippen LogP contribution < -0.4 is 4.74 Å². The van der Waals surface area contributed by atoms with Gasteiger partial charge in [0.1, 0.15) is 11.3 Å². The molecule has 5 nitrogen and oxygen atoms in total. The minimum absolute atomic E-state index is 0.0521. The van der Waals surface area contributed by atoms with Gasteiger partial charge < -0.3 is 14.4 Å². The zero-order valence-electron chi connectivity index (χ0n) is 16.6. The number of carboxylic acid groups (broad SMARTS) is 1. The topological polar surface area (TPSA) is 72.6 Å². The molecule has 1 N–H and O–H groups in total. The Labute approximate surface area is 171 Å². The summed E-state index contributed by atoms with van der Waals surface area (Å²) in [5.41, 5.74) is 1.42. The van der Waals surface area contributed by atoms with Crippen molar-refractivity contribution < 1.29 is 32.3 Å². The number of carbonyl (C=O) groups is 1. The monoisotopic (exact) mass is 421 g/mol. The van der Waals surface area contributed by atoms with E-state index in [1.165, 1.54) is 6.07 Å². The van der Waals surface area contributed by atoms with Gasteiger partial charge in [0.2, 0.25) is 11.9 Å². The Balaban J connectivity index is 2.22. The summed E-state index contributed by atoms with van der Waals surface area (Å²) in [4.78, 5) is 11.9. The number of aromatic nitrogens is 1. The Morgan fingerprint density at radius 2 is 1.83 bits per heavy atom. The maximum atomic E-state index is 13.4. The predicted octanol–water partition coefficient (Wildman–Crippen LogP) is 5.96. The van der Waals surface area contributed by atoms with Crippen LogP contribution in [0.1, 0.15) is 55.2 Å². The highest BCUT2D eigenvalue weighted by Gasteiger charge is 2.39. The van der Waals surface area contributed by atoms with Crippen molar-refractivity contribution in [3.63, 3.8) is 0 Å². The molecule has 1 unspecified atom stereocenters. The maximum Gasteiger partial charge on any atom is 0.453 e. The molecule has 0 saturated heterocycles. The van der Waals surface area contributed by atoms with Crippen LogP contribution >= 0.6 is 0 Å². The summed E-state index contributed by atoms with van der Waals surface area (Å²) in [5, 5.41) is 13.3. The van der Waals surface area contributed by atoms with Crippen molar-refractivity contribution in [3.05, 3.63) is 58.8 Å². The molecule has 1 aromatic heterocycles. The fourth-order valence-corrected chi connectivity index (χ4v) is 3.48. The highest BCUT2D eigenvalue weighted by Crippen LogP contribution is 2.41. The number of ether oxygens (including phenoxy) is 1. The number of nitrogens with zero attached hydrogens (tertiary/aromatic N) is 1. The number of fused-ring (bicyclic) bond motifs is 1. The largest absolute Gasteiger partial charge is 0.478 e. The lowest BCUT2D eigenvalue weighted by Gasteiger charge is -2.21. The maximum absolute atomic E-state index is 13.4. The molecule has 160 valence electrons. The van der Waals surface area contributed by atoms with Crippen molar-refractivity contribution in [1.82, 2.24) is 5.16 Å². The van der Waals surface area contributed by atoms with Gasteiger partial charge >= 0.3 is 12.1 Å². The molecule has 3 aromatic rings. The van der Waals surface area contributed by atoms with Gasteiger partial charge in [-0.2, -0.15) is 13.2 Å². The SMILES string of the molecule is CCCc1cc2c(C(F)(F)F)onc2c(CCC)c1OC(C(=O)O)c1ccccc1. The first-order valence-electron chi connectivity index (χ1n) is 9.73. The van der Waals surface area contributed by atoms with Crippen LogP contribution in [0.2, 0.25) is 0 Å². The average molecular weight is 421 g/mol. The number of carboxylic acids is 1. The van der Waals surface area contributed by atoms with Crippen LogP contribution in [0.5, 0.6) is 5.75 Å². The van der Waals surface area contributed by atoms with Gasteiger partial charge in [-0.15, -0.1) is 0 Å². The number of aryl methyl sites for hydroxylation is 2. The molecule has 0 aliphatic carbocycles. The second-order valence-electron chi connectivity index (χ2n) is 7.00. The third kappa shape index (κ3) is 4.27. The zero-order chi connectivity index (χ0) is 21.9. The fourth-order valence-electron chi connectivity index (χ4n) is 3.48. The van der Waals surface area contributed by atoms with E-state index in [1.807, 2.05) is 13.8 Å². The van der Waals surface area contributed by atoms with E-state index in [0.29, 0.717) is 42.4 Å². The highest BCUT2D eigenvalue weighted by atomic mass is 19.4. The molecular weight excluding hydrogens is 399 g/mol. The van der Waals surface area contributed by atoms with E-state index in [1.54, 1.807) is 30.3 Å². The first-order valence-corrected chi connectivity index (χ1v) is 9.73. The number of halogens is 3. The number of benzene rings is 2. The van der Waals surface area contributed by atoms with E-state index in [0.717, 1.165) is 0 Å². The molecule has 0 fully saturated rings. The molecule has 0 amide bonds. The molecule has 0 aliphatic heterocycles. The number of alkyl halides is 3. The van der Waals surface area contributed by atoms with Crippen LogP contribution in [0, 0.1) is 0 Å². The standard InChI is InChI=1S/C22H22F3NO4/c1-3-8-14-12-16-17(26-30-20(16)22(23,24)25)15(9-4-2)18(14)29-19(21(27)28)13-10-6-5-7-11-13/h5-7,10-12,19H,3-4,8-9H2,1-2H3,(H,27,28). The molecule has 0 radical (unpaired) electrons. The van der Waals surface area contributed by atoms with Gasteiger partial charge in [0, 0.05) is 11.1 Å². The molecule has 2 aromatic carbocycles. The van der Waals surface area contributed by atoms with Crippen molar-refractivity contribution in [1.29, 1.82) is 0 Å². The molecule has 3 rings (SSSR count). The third-order valence-electron chi connectivity index (χ3n) is 4.74. The van der Waals surface area contributed by atoms with Crippen molar-refractivity contribution in [2.24, 2.45) is 0 Å². The Morgan fingerprint density at radius 1 is 1.17 bits per heavy atom. The number of aliphatic carboxylic acids is 1. The van der Waals surface area contributed by atoms with Gasteiger partial charge in [-0.1, -0.05) is 62.2 Å². The first kappa shape index (κ1) is 21.7. The lowest BCUT2D eigenvalue weighted by Crippen LogP contribution is -2.19. The van der Waals surface area contributed by atoms with E-state index in [-0.39, 0.29) is 16.7 Å². The minimum atomic E-state index is -4.68. The van der Waals surface area contributed by atoms with Crippen molar-refractivity contribution in [2.75, 3.05) is 0 Å². The number of rotatable bonds is 8. The summed E-state index contributed by atoms with van der Waals surface area (Å²) in [5.74, 6) is -2.08. The lowest BCUT2D eigenvalue weighted by atomic mass is 9.97. The van der Waals surface area contributed by atoms with Crippen LogP contribution in [-0.2, 0) is 23.8 Å². The van der Waals surface area contributed by atoms with Crippen LogP contribution in [0.25, 0.3) is 10.9 Å². The zero-order valence-corrected chi connectivity index (χ0v) is 16.6. The third-order valence-corrected chi connectivity index (χ3v) is 4.74. The van der Waals surface area contributed by atoms with E-state index in [2.05, 4.69) is 9.68 Å². The van der Waals surface area contributed by atoms with Gasteiger partial charge in [0.25, 0.3) is 0 Å². The normalized spacial score (nSPS) is 12.8. The van der Waals surface area contributed by atoms with Crippen molar-refractivity contribution >= 4 is 16.9 Å². The summed E-state index contributed by atoms with van der Waals surface area (Å²) < 4.78 is 50.8. The van der Waals surface area contributed by atoms with Crippen LogP contribution in [-0.4, -0.2) is 16.2 Å². The summed E-state index contributed by atoms with van der Waals surface area (Å²) in [6.07, 6.45) is -3.94. The summed E-state index contributed by atoms with van der Waals surface area (Å²) in [7, 11) is 0. The highest BCUT2D eigenvalue weighted by molar-refractivity contribution is 5.88. The number of hydrogen-bond donors (Lipinski definition) is 1. The number of hydrogen-bond acceptors (Lipinski definition) is 4. The van der Waals surface area contributed by atoms with Crippen molar-refractivity contribution in [3.8, 4) is 5.75 Å². The Morgan fingerprint density at radius 3 is 2.40 bits per heavy atom. The molecule has 8 heteroatoms. The molecule has 1 heterocycles. The van der Waals surface area contributed by atoms with E-state index in [4.69, 9.17) is 4.74 Å². The smallest absolute Gasteiger partial charge is 0.453 e. The molecular formula is C22H22F3NO4. The van der Waals surface area contributed by atoms with Crippen LogP contribution in [0.15, 0.2) is 40.9 Å². The quantitative estimate of drug-likeness (QED) is 0.486. The molecule has 1 atom stereocenters. The fraction of sp³-hybridized carbons (Fsp3) is 0.364. The second-order valence-corrected chi connectivity index (χ2v) is 7.00. The summed E-state index contributed by atoms with van der Waals surface area (Å²) >= 11 is 0. The van der Waals surface area contributed by atoms with Gasteiger partial charge in [-0.3, -0.25) is 0 Å². The van der Waals surface area contributed by atoms with Gasteiger partial charge in [0.15, 0.2) is 0 Å². The van der Waals surface area contributed by atoms with Crippen LogP contribution in [0.3, 0.4) is 0 Å². The average Bonchev–Trinajstić information content (AvgIpc) is 3.12. The van der Waals surface area contributed by atoms with Crippen molar-refractivity contribution in [2.45, 2.75) is 51.8 Å². The van der Waals surface area contributed by atoms with Gasteiger partial charge in [-0.25, -0.2) is 4.79 Å². The Bertz CT molecular complexity index is 1030. The minimum Gasteiger partial charge on any atom is -0.478 e. The molecule has 0 spiro atoms. The van der Waals surface area contributed by atoms with E-state index in [9.17, 15) is 23.1 Å².